The van der Waals surface area contributed by atoms with E-state index in [0.29, 0.717) is 5.92 Å². The van der Waals surface area contributed by atoms with Crippen LogP contribution in [0.4, 0.5) is 0 Å². The standard InChI is InChI=1S/C24H34N2O/c1-2-3-15-25-16-14-23(24(27)20-25)19-26(17-21-10-6-4-7-11-21)18-22-12-8-5-9-13-22/h4-13,23-24,27H,2-3,14-20H2,1H3/t23-,24?/m0/s1. The number of hydrogen-bond acceptors (Lipinski definition) is 3. The normalized spacial score (nSPS) is 20.9. The van der Waals surface area contributed by atoms with Crippen LogP contribution in [0.2, 0.25) is 0 Å². The third-order valence-corrected chi connectivity index (χ3v) is 5.62. The number of unbranched alkanes of at least 4 members (excludes halogenated alkanes) is 1. The van der Waals surface area contributed by atoms with E-state index >= 15 is 0 Å². The molecule has 1 saturated heterocycles. The maximum Gasteiger partial charge on any atom is 0.0707 e. The highest BCUT2D eigenvalue weighted by Crippen LogP contribution is 2.22. The molecule has 1 aliphatic heterocycles. The minimum atomic E-state index is -0.218. The van der Waals surface area contributed by atoms with Crippen molar-refractivity contribution in [2.75, 3.05) is 26.2 Å². The SMILES string of the molecule is CCCCN1CC[C@@H](CN(Cc2ccccc2)Cc2ccccc2)C(O)C1. The summed E-state index contributed by atoms with van der Waals surface area (Å²) < 4.78 is 0. The van der Waals surface area contributed by atoms with E-state index in [1.54, 1.807) is 0 Å². The summed E-state index contributed by atoms with van der Waals surface area (Å²) in [5.41, 5.74) is 2.67. The summed E-state index contributed by atoms with van der Waals surface area (Å²) in [5.74, 6) is 0.357. The van der Waals surface area contributed by atoms with Gasteiger partial charge in [0.1, 0.15) is 0 Å². The number of aliphatic hydroxyl groups is 1. The van der Waals surface area contributed by atoms with E-state index in [4.69, 9.17) is 0 Å². The summed E-state index contributed by atoms with van der Waals surface area (Å²) in [7, 11) is 0. The number of piperidine rings is 1. The van der Waals surface area contributed by atoms with Gasteiger partial charge in [0.15, 0.2) is 0 Å². The monoisotopic (exact) mass is 366 g/mol. The Kier molecular flexibility index (Phi) is 7.88. The molecule has 2 aromatic rings. The second-order valence-electron chi connectivity index (χ2n) is 7.91. The molecule has 0 amide bonds. The molecular weight excluding hydrogens is 332 g/mol. The van der Waals surface area contributed by atoms with E-state index in [2.05, 4.69) is 77.4 Å². The van der Waals surface area contributed by atoms with Crippen molar-refractivity contribution in [1.29, 1.82) is 0 Å². The van der Waals surface area contributed by atoms with E-state index in [9.17, 15) is 5.11 Å². The van der Waals surface area contributed by atoms with Gasteiger partial charge in [0.25, 0.3) is 0 Å². The Bertz CT molecular complexity index is 604. The molecule has 3 rings (SSSR count). The summed E-state index contributed by atoms with van der Waals surface area (Å²) in [6.07, 6.45) is 3.32. The third-order valence-electron chi connectivity index (χ3n) is 5.62. The van der Waals surface area contributed by atoms with Gasteiger partial charge in [-0.15, -0.1) is 0 Å². The molecule has 0 aromatic heterocycles. The van der Waals surface area contributed by atoms with Crippen molar-refractivity contribution in [2.45, 2.75) is 45.4 Å². The lowest BCUT2D eigenvalue weighted by Gasteiger charge is -2.38. The van der Waals surface area contributed by atoms with Crippen LogP contribution in [0.3, 0.4) is 0 Å². The van der Waals surface area contributed by atoms with E-state index in [1.165, 1.54) is 24.0 Å². The van der Waals surface area contributed by atoms with Crippen molar-refractivity contribution >= 4 is 0 Å². The lowest BCUT2D eigenvalue weighted by atomic mass is 9.92. The molecule has 0 saturated carbocycles. The minimum Gasteiger partial charge on any atom is -0.391 e. The molecule has 1 heterocycles. The highest BCUT2D eigenvalue weighted by molar-refractivity contribution is 5.17. The zero-order chi connectivity index (χ0) is 18.9. The van der Waals surface area contributed by atoms with Crippen molar-refractivity contribution in [3.05, 3.63) is 71.8 Å². The second kappa shape index (κ2) is 10.6. The lowest BCUT2D eigenvalue weighted by Crippen LogP contribution is -2.47. The third kappa shape index (κ3) is 6.46. The summed E-state index contributed by atoms with van der Waals surface area (Å²) in [6.45, 7) is 8.11. The van der Waals surface area contributed by atoms with Gasteiger partial charge in [-0.1, -0.05) is 74.0 Å². The molecule has 2 atom stereocenters. The quantitative estimate of drug-likeness (QED) is 0.721. The van der Waals surface area contributed by atoms with E-state index in [0.717, 1.165) is 45.7 Å². The highest BCUT2D eigenvalue weighted by atomic mass is 16.3. The maximum absolute atomic E-state index is 10.8. The number of likely N-dealkylation sites (tertiary alicyclic amines) is 1. The molecule has 1 aliphatic rings. The van der Waals surface area contributed by atoms with Crippen molar-refractivity contribution < 1.29 is 5.11 Å². The molecule has 27 heavy (non-hydrogen) atoms. The Hall–Kier alpha value is -1.68. The molecule has 146 valence electrons. The molecule has 0 radical (unpaired) electrons. The molecular formula is C24H34N2O. The fraction of sp³-hybridized carbons (Fsp3) is 0.500. The fourth-order valence-electron chi connectivity index (χ4n) is 4.04. The topological polar surface area (TPSA) is 26.7 Å². The summed E-state index contributed by atoms with van der Waals surface area (Å²) in [6, 6.07) is 21.4. The number of rotatable bonds is 9. The first-order valence-corrected chi connectivity index (χ1v) is 10.4. The lowest BCUT2D eigenvalue weighted by molar-refractivity contribution is 0.00374. The number of benzene rings is 2. The van der Waals surface area contributed by atoms with Crippen LogP contribution in [0.1, 0.15) is 37.3 Å². The van der Waals surface area contributed by atoms with Crippen molar-refractivity contribution in [1.82, 2.24) is 9.80 Å². The van der Waals surface area contributed by atoms with Gasteiger partial charge in [0.05, 0.1) is 6.10 Å². The van der Waals surface area contributed by atoms with Crippen LogP contribution in [0.15, 0.2) is 60.7 Å². The van der Waals surface area contributed by atoms with E-state index in [1.807, 2.05) is 0 Å². The predicted molar refractivity (Wildman–Crippen MR) is 112 cm³/mol. The summed E-state index contributed by atoms with van der Waals surface area (Å²) >= 11 is 0. The molecule has 0 spiro atoms. The van der Waals surface area contributed by atoms with Crippen LogP contribution in [-0.2, 0) is 13.1 Å². The second-order valence-corrected chi connectivity index (χ2v) is 7.91. The summed E-state index contributed by atoms with van der Waals surface area (Å²) in [5, 5.41) is 10.8. The molecule has 1 fully saturated rings. The van der Waals surface area contributed by atoms with Crippen molar-refractivity contribution in [3.8, 4) is 0 Å². The van der Waals surface area contributed by atoms with E-state index < -0.39 is 0 Å². The first kappa shape index (κ1) is 20.1. The molecule has 3 nitrogen and oxygen atoms in total. The molecule has 0 aliphatic carbocycles. The average Bonchev–Trinajstić information content (AvgIpc) is 2.70. The highest BCUT2D eigenvalue weighted by Gasteiger charge is 2.28. The minimum absolute atomic E-state index is 0.218. The molecule has 1 N–H and O–H groups in total. The maximum atomic E-state index is 10.8. The van der Waals surface area contributed by atoms with Crippen LogP contribution >= 0.6 is 0 Å². The van der Waals surface area contributed by atoms with Crippen LogP contribution in [0, 0.1) is 5.92 Å². The first-order valence-electron chi connectivity index (χ1n) is 10.4. The van der Waals surface area contributed by atoms with Gasteiger partial charge >= 0.3 is 0 Å². The van der Waals surface area contributed by atoms with Gasteiger partial charge in [0, 0.05) is 32.1 Å². The van der Waals surface area contributed by atoms with Crippen LogP contribution in [0.5, 0.6) is 0 Å². The zero-order valence-corrected chi connectivity index (χ0v) is 16.6. The van der Waals surface area contributed by atoms with Gasteiger partial charge in [-0.25, -0.2) is 0 Å². The average molecular weight is 367 g/mol. The van der Waals surface area contributed by atoms with Crippen LogP contribution in [0.25, 0.3) is 0 Å². The number of nitrogens with zero attached hydrogens (tertiary/aromatic N) is 2. The van der Waals surface area contributed by atoms with Crippen LogP contribution < -0.4 is 0 Å². The number of β-amino-alcohol motifs (C(OH)–C–C–N with tert-alkyl or cyclic N) is 1. The van der Waals surface area contributed by atoms with E-state index in [-0.39, 0.29) is 6.10 Å². The molecule has 1 unspecified atom stereocenters. The molecule has 3 heteroatoms. The number of hydrogen-bond donors (Lipinski definition) is 1. The molecule has 0 bridgehead atoms. The van der Waals surface area contributed by atoms with Gasteiger partial charge in [-0.2, -0.15) is 0 Å². The Balaban J connectivity index is 1.62. The van der Waals surface area contributed by atoms with Gasteiger partial charge in [-0.05, 0) is 37.1 Å². The Morgan fingerprint density at radius 1 is 0.963 bits per heavy atom. The van der Waals surface area contributed by atoms with Gasteiger partial charge < -0.3 is 10.0 Å². The van der Waals surface area contributed by atoms with Crippen molar-refractivity contribution in [2.24, 2.45) is 5.92 Å². The van der Waals surface area contributed by atoms with Gasteiger partial charge in [0.2, 0.25) is 0 Å². The Morgan fingerprint density at radius 2 is 1.56 bits per heavy atom. The summed E-state index contributed by atoms with van der Waals surface area (Å²) in [4.78, 5) is 4.93. The van der Waals surface area contributed by atoms with Gasteiger partial charge in [-0.3, -0.25) is 4.90 Å². The Morgan fingerprint density at radius 3 is 2.07 bits per heavy atom. The smallest absolute Gasteiger partial charge is 0.0707 e. The Labute approximate surface area is 164 Å². The number of aliphatic hydroxyl groups excluding tert-OH is 1. The molecule has 2 aromatic carbocycles. The largest absolute Gasteiger partial charge is 0.391 e. The van der Waals surface area contributed by atoms with Crippen molar-refractivity contribution in [3.63, 3.8) is 0 Å². The fourth-order valence-corrected chi connectivity index (χ4v) is 4.04. The predicted octanol–water partition coefficient (Wildman–Crippen LogP) is 4.17. The van der Waals surface area contributed by atoms with Crippen LogP contribution in [-0.4, -0.2) is 47.2 Å². The first-order chi connectivity index (χ1) is 13.2. The zero-order valence-electron chi connectivity index (χ0n) is 16.6.